The Morgan fingerprint density at radius 3 is 2.67 bits per heavy atom. The molecule has 1 heterocycles. The molecule has 0 spiro atoms. The van der Waals surface area contributed by atoms with Gasteiger partial charge in [0, 0.05) is 13.6 Å². The molecule has 0 N–H and O–H groups in total. The largest absolute Gasteiger partial charge is 0.493 e. The lowest BCUT2D eigenvalue weighted by Gasteiger charge is -2.19. The summed E-state index contributed by atoms with van der Waals surface area (Å²) in [5.74, 6) is 0.909. The Labute approximate surface area is 136 Å². The number of hydrogen-bond acceptors (Lipinski definition) is 4. The van der Waals surface area contributed by atoms with Crippen LogP contribution < -0.4 is 9.47 Å². The normalized spacial score (nSPS) is 10.3. The van der Waals surface area contributed by atoms with Gasteiger partial charge >= 0.3 is 0 Å². The molecular formula is C15H16BrNO3S. The van der Waals surface area contributed by atoms with E-state index in [4.69, 9.17) is 9.47 Å². The molecule has 0 aliphatic heterocycles. The number of carbonyl (C=O) groups excluding carboxylic acids is 1. The zero-order chi connectivity index (χ0) is 15.4. The van der Waals surface area contributed by atoms with Crippen LogP contribution >= 0.6 is 27.3 Å². The molecule has 0 unspecified atom stereocenters. The van der Waals surface area contributed by atoms with Crippen LogP contribution in [-0.2, 0) is 6.54 Å². The van der Waals surface area contributed by atoms with Crippen molar-refractivity contribution in [2.75, 3.05) is 21.3 Å². The first-order chi connectivity index (χ1) is 10.1. The van der Waals surface area contributed by atoms with Gasteiger partial charge in [0.25, 0.3) is 5.91 Å². The smallest absolute Gasteiger partial charge is 0.257 e. The van der Waals surface area contributed by atoms with E-state index < -0.39 is 0 Å². The maximum Gasteiger partial charge on any atom is 0.257 e. The minimum Gasteiger partial charge on any atom is -0.493 e. The lowest BCUT2D eigenvalue weighted by atomic mass is 10.1. The van der Waals surface area contributed by atoms with Crippen molar-refractivity contribution in [2.24, 2.45) is 0 Å². The monoisotopic (exact) mass is 369 g/mol. The van der Waals surface area contributed by atoms with Crippen molar-refractivity contribution in [2.45, 2.75) is 6.54 Å². The molecule has 1 aromatic carbocycles. The number of ether oxygens (including phenoxy) is 2. The van der Waals surface area contributed by atoms with Crippen LogP contribution in [0.4, 0.5) is 0 Å². The van der Waals surface area contributed by atoms with Crippen LogP contribution in [0, 0.1) is 0 Å². The van der Waals surface area contributed by atoms with Crippen molar-refractivity contribution in [3.05, 3.63) is 44.6 Å². The van der Waals surface area contributed by atoms with Crippen LogP contribution in [0.15, 0.2) is 33.4 Å². The molecule has 0 saturated carbocycles. The van der Waals surface area contributed by atoms with E-state index in [0.29, 0.717) is 23.6 Å². The summed E-state index contributed by atoms with van der Waals surface area (Å²) in [6.45, 7) is 0.543. The average molecular weight is 370 g/mol. The Bertz CT molecular complexity index is 642. The first-order valence-corrected chi connectivity index (χ1v) is 7.93. The second kappa shape index (κ2) is 6.95. The third-order valence-electron chi connectivity index (χ3n) is 3.02. The number of hydrogen-bond donors (Lipinski definition) is 0. The van der Waals surface area contributed by atoms with E-state index in [1.54, 1.807) is 48.6 Å². The third-order valence-corrected chi connectivity index (χ3v) is 4.57. The van der Waals surface area contributed by atoms with Gasteiger partial charge in [0.2, 0.25) is 0 Å². The summed E-state index contributed by atoms with van der Waals surface area (Å²) in [6, 6.07) is 7.30. The predicted octanol–water partition coefficient (Wildman–Crippen LogP) is 3.80. The molecule has 1 amide bonds. The highest BCUT2D eigenvalue weighted by Gasteiger charge is 2.20. The predicted molar refractivity (Wildman–Crippen MR) is 87.4 cm³/mol. The highest BCUT2D eigenvalue weighted by Crippen LogP contribution is 2.31. The molecule has 0 fully saturated rings. The number of methoxy groups -OCH3 is 2. The van der Waals surface area contributed by atoms with Crippen molar-refractivity contribution in [1.82, 2.24) is 4.90 Å². The molecule has 0 bridgehead atoms. The average Bonchev–Trinajstić information content (AvgIpc) is 2.90. The first-order valence-electron chi connectivity index (χ1n) is 6.26. The number of thiophene rings is 1. The molecule has 0 saturated heterocycles. The zero-order valence-corrected chi connectivity index (χ0v) is 14.5. The Hall–Kier alpha value is -1.53. The Kier molecular flexibility index (Phi) is 5.25. The summed E-state index contributed by atoms with van der Waals surface area (Å²) < 4.78 is 11.6. The van der Waals surface area contributed by atoms with Crippen molar-refractivity contribution in [3.8, 4) is 11.5 Å². The minimum atomic E-state index is -0.104. The van der Waals surface area contributed by atoms with E-state index in [1.165, 1.54) is 7.11 Å². The fraction of sp³-hybridized carbons (Fsp3) is 0.267. The van der Waals surface area contributed by atoms with E-state index in [1.807, 2.05) is 11.4 Å². The lowest BCUT2D eigenvalue weighted by Crippen LogP contribution is -2.26. The molecule has 112 valence electrons. The van der Waals surface area contributed by atoms with E-state index in [-0.39, 0.29) is 5.91 Å². The van der Waals surface area contributed by atoms with Gasteiger partial charge < -0.3 is 14.4 Å². The fourth-order valence-corrected chi connectivity index (χ4v) is 3.24. The molecule has 21 heavy (non-hydrogen) atoms. The molecule has 6 heteroatoms. The highest BCUT2D eigenvalue weighted by molar-refractivity contribution is 9.11. The summed E-state index contributed by atoms with van der Waals surface area (Å²) in [5.41, 5.74) is 1.58. The molecule has 0 aliphatic carbocycles. The van der Waals surface area contributed by atoms with E-state index >= 15 is 0 Å². The number of amides is 1. The molecule has 1 aromatic heterocycles. The van der Waals surface area contributed by atoms with Crippen molar-refractivity contribution in [3.63, 3.8) is 0 Å². The fourth-order valence-electron chi connectivity index (χ4n) is 2.04. The van der Waals surface area contributed by atoms with Gasteiger partial charge in [-0.25, -0.2) is 0 Å². The Morgan fingerprint density at radius 1 is 1.33 bits per heavy atom. The summed E-state index contributed by atoms with van der Waals surface area (Å²) >= 11 is 5.03. The second-order valence-electron chi connectivity index (χ2n) is 4.46. The van der Waals surface area contributed by atoms with Crippen molar-refractivity contribution >= 4 is 33.2 Å². The maximum atomic E-state index is 12.6. The summed E-state index contributed by atoms with van der Waals surface area (Å²) in [5, 5.41) is 2.02. The summed E-state index contributed by atoms with van der Waals surface area (Å²) in [4.78, 5) is 14.2. The van der Waals surface area contributed by atoms with Gasteiger partial charge in [0.15, 0.2) is 11.5 Å². The van der Waals surface area contributed by atoms with E-state index in [9.17, 15) is 4.79 Å². The zero-order valence-electron chi connectivity index (χ0n) is 12.1. The van der Waals surface area contributed by atoms with Crippen LogP contribution in [0.1, 0.15) is 15.9 Å². The number of nitrogens with zero attached hydrogens (tertiary/aromatic N) is 1. The molecule has 2 rings (SSSR count). The van der Waals surface area contributed by atoms with Gasteiger partial charge in [0.1, 0.15) is 0 Å². The molecule has 0 aliphatic rings. The molecular weight excluding hydrogens is 354 g/mol. The van der Waals surface area contributed by atoms with Crippen LogP contribution in [0.25, 0.3) is 0 Å². The van der Waals surface area contributed by atoms with Gasteiger partial charge in [-0.2, -0.15) is 0 Å². The molecule has 0 atom stereocenters. The molecule has 4 nitrogen and oxygen atoms in total. The highest BCUT2D eigenvalue weighted by atomic mass is 79.9. The third kappa shape index (κ3) is 3.57. The lowest BCUT2D eigenvalue weighted by molar-refractivity contribution is 0.0781. The van der Waals surface area contributed by atoms with Crippen LogP contribution in [0.5, 0.6) is 11.5 Å². The first kappa shape index (κ1) is 15.9. The number of benzene rings is 1. The molecule has 2 aromatic rings. The van der Waals surface area contributed by atoms with Crippen LogP contribution in [0.2, 0.25) is 0 Å². The quantitative estimate of drug-likeness (QED) is 0.804. The Balaban J connectivity index is 2.23. The Morgan fingerprint density at radius 2 is 2.10 bits per heavy atom. The number of para-hydroxylation sites is 1. The van der Waals surface area contributed by atoms with E-state index in [0.717, 1.165) is 9.35 Å². The van der Waals surface area contributed by atoms with Crippen LogP contribution in [-0.4, -0.2) is 32.1 Å². The maximum absolute atomic E-state index is 12.6. The molecule has 0 radical (unpaired) electrons. The van der Waals surface area contributed by atoms with E-state index in [2.05, 4.69) is 15.9 Å². The number of rotatable bonds is 5. The number of halogens is 1. The topological polar surface area (TPSA) is 38.8 Å². The van der Waals surface area contributed by atoms with Crippen molar-refractivity contribution < 1.29 is 14.3 Å². The number of carbonyl (C=O) groups is 1. The van der Waals surface area contributed by atoms with Gasteiger partial charge in [-0.05, 0) is 45.1 Å². The standard InChI is InChI=1S/C15H16BrNO3S/c1-17(8-10-7-13(16)21-9-10)15(18)11-5-4-6-12(19-2)14(11)20-3/h4-7,9H,8H2,1-3H3. The van der Waals surface area contributed by atoms with Gasteiger partial charge in [-0.1, -0.05) is 6.07 Å². The van der Waals surface area contributed by atoms with Gasteiger partial charge in [-0.3, -0.25) is 4.79 Å². The van der Waals surface area contributed by atoms with Gasteiger partial charge in [0.05, 0.1) is 23.6 Å². The summed E-state index contributed by atoms with van der Waals surface area (Å²) in [7, 11) is 4.86. The second-order valence-corrected chi connectivity index (χ2v) is 6.75. The van der Waals surface area contributed by atoms with Crippen LogP contribution in [0.3, 0.4) is 0 Å². The summed E-state index contributed by atoms with van der Waals surface area (Å²) in [6.07, 6.45) is 0. The minimum absolute atomic E-state index is 0.104. The van der Waals surface area contributed by atoms with Gasteiger partial charge in [-0.15, -0.1) is 11.3 Å². The van der Waals surface area contributed by atoms with Crippen molar-refractivity contribution in [1.29, 1.82) is 0 Å². The SMILES string of the molecule is COc1cccc(C(=O)N(C)Cc2csc(Br)c2)c1OC.